The van der Waals surface area contributed by atoms with Gasteiger partial charge in [0.15, 0.2) is 17.2 Å². The molecular formula is C16H19N3O3. The summed E-state index contributed by atoms with van der Waals surface area (Å²) >= 11 is 0. The predicted octanol–water partition coefficient (Wildman–Crippen LogP) is 2.38. The summed E-state index contributed by atoms with van der Waals surface area (Å²) in [5, 5.41) is 13.2. The van der Waals surface area contributed by atoms with Crippen molar-refractivity contribution in [1.29, 1.82) is 5.26 Å². The molecule has 6 heteroatoms. The predicted molar refractivity (Wildman–Crippen MR) is 81.4 cm³/mol. The molecule has 116 valence electrons. The first-order valence-electron chi connectivity index (χ1n) is 6.90. The maximum atomic E-state index is 8.87. The molecule has 1 aromatic carbocycles. The smallest absolute Gasteiger partial charge is 0.163 e. The summed E-state index contributed by atoms with van der Waals surface area (Å²) in [6, 6.07) is 7.12. The summed E-state index contributed by atoms with van der Waals surface area (Å²) < 4.78 is 18.4. The average Bonchev–Trinajstić information content (AvgIpc) is 2.77. The monoisotopic (exact) mass is 301 g/mol. The Labute approximate surface area is 129 Å². The standard InChI is InChI=1S/C16H19N3O3/c1-11-16(12(2)19(3)18-11)22-8-7-21-14-6-5-13(10-17)9-15(14)20-4/h5-6,9H,7-8H2,1-4H3. The fourth-order valence-electron chi connectivity index (χ4n) is 2.11. The lowest BCUT2D eigenvalue weighted by Crippen LogP contribution is -2.10. The normalized spacial score (nSPS) is 10.1. The van der Waals surface area contributed by atoms with Crippen LogP contribution in [0.5, 0.6) is 17.2 Å². The third-order valence-electron chi connectivity index (χ3n) is 3.32. The van der Waals surface area contributed by atoms with Crippen molar-refractivity contribution in [3.8, 4) is 23.3 Å². The van der Waals surface area contributed by atoms with Crippen LogP contribution >= 0.6 is 0 Å². The zero-order valence-electron chi connectivity index (χ0n) is 13.2. The van der Waals surface area contributed by atoms with Gasteiger partial charge in [0.25, 0.3) is 0 Å². The van der Waals surface area contributed by atoms with Crippen LogP contribution in [0.4, 0.5) is 0 Å². The minimum absolute atomic E-state index is 0.371. The van der Waals surface area contributed by atoms with Gasteiger partial charge < -0.3 is 14.2 Å². The molecular weight excluding hydrogens is 282 g/mol. The fourth-order valence-corrected chi connectivity index (χ4v) is 2.11. The van der Waals surface area contributed by atoms with Crippen LogP contribution in [0.2, 0.25) is 0 Å². The summed E-state index contributed by atoms with van der Waals surface area (Å²) in [5.41, 5.74) is 2.37. The number of aryl methyl sites for hydroxylation is 2. The molecule has 0 saturated heterocycles. The molecule has 0 radical (unpaired) electrons. The first-order chi connectivity index (χ1) is 10.6. The molecule has 0 N–H and O–H groups in total. The molecule has 22 heavy (non-hydrogen) atoms. The summed E-state index contributed by atoms with van der Waals surface area (Å²) in [4.78, 5) is 0. The highest BCUT2D eigenvalue weighted by molar-refractivity contribution is 5.46. The van der Waals surface area contributed by atoms with E-state index in [1.807, 2.05) is 20.9 Å². The van der Waals surface area contributed by atoms with Gasteiger partial charge in [0.1, 0.15) is 18.9 Å². The molecule has 0 aliphatic rings. The van der Waals surface area contributed by atoms with E-state index in [0.717, 1.165) is 17.1 Å². The Kier molecular flexibility index (Phi) is 4.89. The summed E-state index contributed by atoms with van der Waals surface area (Å²) in [6.45, 7) is 4.64. The lowest BCUT2D eigenvalue weighted by atomic mass is 10.2. The van der Waals surface area contributed by atoms with Crippen LogP contribution in [-0.2, 0) is 7.05 Å². The van der Waals surface area contributed by atoms with Gasteiger partial charge in [-0.25, -0.2) is 0 Å². The van der Waals surface area contributed by atoms with Crippen LogP contribution < -0.4 is 14.2 Å². The highest BCUT2D eigenvalue weighted by Crippen LogP contribution is 2.28. The minimum Gasteiger partial charge on any atom is -0.493 e. The van der Waals surface area contributed by atoms with Gasteiger partial charge in [0, 0.05) is 13.1 Å². The third-order valence-corrected chi connectivity index (χ3v) is 3.32. The van der Waals surface area contributed by atoms with Crippen LogP contribution in [0.15, 0.2) is 18.2 Å². The van der Waals surface area contributed by atoms with Crippen LogP contribution in [-0.4, -0.2) is 30.1 Å². The number of methoxy groups -OCH3 is 1. The highest BCUT2D eigenvalue weighted by atomic mass is 16.5. The first kappa shape index (κ1) is 15.7. The molecule has 0 fully saturated rings. The molecule has 1 aromatic heterocycles. The van der Waals surface area contributed by atoms with Gasteiger partial charge in [-0.1, -0.05) is 0 Å². The number of nitrogens with zero attached hydrogens (tertiary/aromatic N) is 3. The molecule has 0 unspecified atom stereocenters. The minimum atomic E-state index is 0.371. The van der Waals surface area contributed by atoms with Gasteiger partial charge in [-0.3, -0.25) is 4.68 Å². The molecule has 2 aromatic rings. The van der Waals surface area contributed by atoms with E-state index >= 15 is 0 Å². The van der Waals surface area contributed by atoms with E-state index in [1.165, 1.54) is 0 Å². The second kappa shape index (κ2) is 6.85. The van der Waals surface area contributed by atoms with Crippen molar-refractivity contribution in [2.75, 3.05) is 20.3 Å². The van der Waals surface area contributed by atoms with Gasteiger partial charge in [-0.2, -0.15) is 10.4 Å². The quantitative estimate of drug-likeness (QED) is 0.766. The second-order valence-corrected chi connectivity index (χ2v) is 4.80. The molecule has 0 aliphatic carbocycles. The van der Waals surface area contributed by atoms with Crippen molar-refractivity contribution < 1.29 is 14.2 Å². The number of rotatable bonds is 6. The number of ether oxygens (including phenoxy) is 3. The number of aromatic nitrogens is 2. The number of hydrogen-bond acceptors (Lipinski definition) is 5. The Morgan fingerprint density at radius 1 is 1.18 bits per heavy atom. The van der Waals surface area contributed by atoms with Crippen molar-refractivity contribution in [2.24, 2.45) is 7.05 Å². The summed E-state index contributed by atoms with van der Waals surface area (Å²) in [5.74, 6) is 1.91. The summed E-state index contributed by atoms with van der Waals surface area (Å²) in [7, 11) is 3.43. The van der Waals surface area contributed by atoms with E-state index in [1.54, 1.807) is 30.0 Å². The fraction of sp³-hybridized carbons (Fsp3) is 0.375. The zero-order chi connectivity index (χ0) is 16.1. The van der Waals surface area contributed by atoms with Gasteiger partial charge in [0.2, 0.25) is 0 Å². The van der Waals surface area contributed by atoms with Gasteiger partial charge in [-0.15, -0.1) is 0 Å². The van der Waals surface area contributed by atoms with Gasteiger partial charge in [0.05, 0.1) is 24.4 Å². The van der Waals surface area contributed by atoms with E-state index in [0.29, 0.717) is 30.3 Å². The Morgan fingerprint density at radius 2 is 1.91 bits per heavy atom. The molecule has 0 bridgehead atoms. The largest absolute Gasteiger partial charge is 0.493 e. The third kappa shape index (κ3) is 3.31. The Balaban J connectivity index is 1.93. The molecule has 0 atom stereocenters. The van der Waals surface area contributed by atoms with E-state index < -0.39 is 0 Å². The van der Waals surface area contributed by atoms with Crippen molar-refractivity contribution in [1.82, 2.24) is 9.78 Å². The van der Waals surface area contributed by atoms with Gasteiger partial charge in [-0.05, 0) is 26.0 Å². The molecule has 0 aliphatic heterocycles. The van der Waals surface area contributed by atoms with Crippen molar-refractivity contribution >= 4 is 0 Å². The zero-order valence-corrected chi connectivity index (χ0v) is 13.2. The number of hydrogen-bond donors (Lipinski definition) is 0. The van der Waals surface area contributed by atoms with E-state index in [9.17, 15) is 0 Å². The van der Waals surface area contributed by atoms with E-state index in [2.05, 4.69) is 11.2 Å². The van der Waals surface area contributed by atoms with Crippen LogP contribution in [0.3, 0.4) is 0 Å². The van der Waals surface area contributed by atoms with E-state index in [-0.39, 0.29) is 0 Å². The number of benzene rings is 1. The molecule has 1 heterocycles. The Bertz CT molecular complexity index is 701. The Hall–Kier alpha value is -2.68. The van der Waals surface area contributed by atoms with Crippen LogP contribution in [0, 0.1) is 25.2 Å². The Morgan fingerprint density at radius 3 is 2.50 bits per heavy atom. The SMILES string of the molecule is COc1cc(C#N)ccc1OCCOc1c(C)nn(C)c1C. The van der Waals surface area contributed by atoms with Crippen LogP contribution in [0.1, 0.15) is 17.0 Å². The molecule has 0 amide bonds. The topological polar surface area (TPSA) is 69.3 Å². The van der Waals surface area contributed by atoms with Crippen molar-refractivity contribution in [2.45, 2.75) is 13.8 Å². The van der Waals surface area contributed by atoms with E-state index in [4.69, 9.17) is 19.5 Å². The highest BCUT2D eigenvalue weighted by Gasteiger charge is 2.11. The van der Waals surface area contributed by atoms with Gasteiger partial charge >= 0.3 is 0 Å². The maximum Gasteiger partial charge on any atom is 0.163 e. The van der Waals surface area contributed by atoms with Crippen LogP contribution in [0.25, 0.3) is 0 Å². The van der Waals surface area contributed by atoms with Crippen molar-refractivity contribution in [3.05, 3.63) is 35.2 Å². The lowest BCUT2D eigenvalue weighted by molar-refractivity contribution is 0.209. The number of nitriles is 1. The first-order valence-corrected chi connectivity index (χ1v) is 6.90. The second-order valence-electron chi connectivity index (χ2n) is 4.80. The molecule has 0 saturated carbocycles. The molecule has 2 rings (SSSR count). The average molecular weight is 301 g/mol. The van der Waals surface area contributed by atoms with Crippen molar-refractivity contribution in [3.63, 3.8) is 0 Å². The molecule has 6 nitrogen and oxygen atoms in total. The maximum absolute atomic E-state index is 8.87. The molecule has 0 spiro atoms. The lowest BCUT2D eigenvalue weighted by Gasteiger charge is -2.11. The summed E-state index contributed by atoms with van der Waals surface area (Å²) in [6.07, 6.45) is 0.